The van der Waals surface area contributed by atoms with Gasteiger partial charge in [-0.15, -0.1) is 0 Å². The van der Waals surface area contributed by atoms with Gasteiger partial charge >= 0.3 is 0 Å². The van der Waals surface area contributed by atoms with E-state index in [2.05, 4.69) is 207 Å². The molecule has 57 heavy (non-hydrogen) atoms. The van der Waals surface area contributed by atoms with Gasteiger partial charge in [0.15, 0.2) is 0 Å². The summed E-state index contributed by atoms with van der Waals surface area (Å²) in [6.07, 6.45) is -0.272. The first-order valence-electron chi connectivity index (χ1n) is 19.6. The van der Waals surface area contributed by atoms with Crippen LogP contribution in [-0.2, 0) is 0 Å². The van der Waals surface area contributed by atoms with Crippen molar-refractivity contribution >= 4 is 65.6 Å². The van der Waals surface area contributed by atoms with E-state index in [1.165, 1.54) is 43.7 Å². The summed E-state index contributed by atoms with van der Waals surface area (Å²) >= 11 is 0. The molecule has 0 aliphatic carbocycles. The average molecular weight is 736 g/mol. The van der Waals surface area contributed by atoms with E-state index in [1.54, 1.807) is 0 Å². The molecule has 1 aliphatic heterocycles. The number of benzene rings is 8. The second-order valence-electron chi connectivity index (χ2n) is 15.0. The topological polar surface area (TPSA) is 59.1 Å². The molecule has 1 saturated heterocycles. The first-order chi connectivity index (χ1) is 28.3. The molecule has 0 radical (unpaired) electrons. The first kappa shape index (κ1) is 32.3. The molecule has 1 aliphatic rings. The minimum absolute atomic E-state index is 0.0651. The van der Waals surface area contributed by atoms with Crippen LogP contribution in [0.1, 0.15) is 35.2 Å². The maximum absolute atomic E-state index is 6.56. The lowest BCUT2D eigenvalue weighted by Crippen LogP contribution is -2.54. The van der Waals surface area contributed by atoms with Gasteiger partial charge in [-0.3, -0.25) is 16.0 Å². The van der Waals surface area contributed by atoms with Crippen LogP contribution in [0.2, 0.25) is 0 Å². The molecule has 3 aromatic heterocycles. The third kappa shape index (κ3) is 5.02. The number of furan rings is 1. The Kier molecular flexibility index (Phi) is 7.25. The van der Waals surface area contributed by atoms with Crippen LogP contribution in [0.3, 0.4) is 0 Å². The van der Waals surface area contributed by atoms with Gasteiger partial charge < -0.3 is 13.6 Å². The fourth-order valence-electron chi connectivity index (χ4n) is 9.32. The SMILES string of the molecule is c1ccc(C2NC(c3ccccc3)NC(c3cccc(-n4c5ccc6c7ccccc7n(-c7ccccc7)c6c5c5ccc6oc7ccccc7c6c54)c3)N2)cc1. The van der Waals surface area contributed by atoms with Crippen LogP contribution >= 0.6 is 0 Å². The van der Waals surface area contributed by atoms with Crippen molar-refractivity contribution in [2.75, 3.05) is 0 Å². The van der Waals surface area contributed by atoms with Crippen molar-refractivity contribution in [2.45, 2.75) is 18.5 Å². The maximum Gasteiger partial charge on any atom is 0.137 e. The van der Waals surface area contributed by atoms with Gasteiger partial charge in [0.05, 0.1) is 46.0 Å². The van der Waals surface area contributed by atoms with Crippen molar-refractivity contribution in [2.24, 2.45) is 0 Å². The molecule has 0 spiro atoms. The van der Waals surface area contributed by atoms with Gasteiger partial charge in [0.25, 0.3) is 0 Å². The van der Waals surface area contributed by atoms with Crippen LogP contribution in [0, 0.1) is 0 Å². The average Bonchev–Trinajstić information content (AvgIpc) is 3.95. The lowest BCUT2D eigenvalue weighted by Gasteiger charge is -2.39. The molecule has 0 bridgehead atoms. The summed E-state index contributed by atoms with van der Waals surface area (Å²) in [5, 5.41) is 18.7. The Morgan fingerprint density at radius 2 is 0.895 bits per heavy atom. The summed E-state index contributed by atoms with van der Waals surface area (Å²) in [7, 11) is 0. The van der Waals surface area contributed by atoms with Gasteiger partial charge in [0.1, 0.15) is 11.2 Å². The molecule has 1 fully saturated rings. The number of hydrogen-bond acceptors (Lipinski definition) is 4. The van der Waals surface area contributed by atoms with Gasteiger partial charge in [0.2, 0.25) is 0 Å². The molecule has 3 N–H and O–H groups in total. The summed E-state index contributed by atoms with van der Waals surface area (Å²) in [5.41, 5.74) is 12.2. The van der Waals surface area contributed by atoms with Crippen LogP contribution in [0.25, 0.3) is 76.9 Å². The van der Waals surface area contributed by atoms with Crippen LogP contribution in [-0.4, -0.2) is 9.13 Å². The Bertz CT molecular complexity index is 3240. The Hall–Kier alpha value is -6.96. The number of nitrogens with one attached hydrogen (secondary N) is 3. The quantitative estimate of drug-likeness (QED) is 0.165. The number of para-hydroxylation sites is 3. The van der Waals surface area contributed by atoms with E-state index in [4.69, 9.17) is 4.42 Å². The highest BCUT2D eigenvalue weighted by Crippen LogP contribution is 2.45. The van der Waals surface area contributed by atoms with Gasteiger partial charge in [0, 0.05) is 38.3 Å². The second-order valence-corrected chi connectivity index (χ2v) is 15.0. The van der Waals surface area contributed by atoms with Crippen LogP contribution in [0.15, 0.2) is 192 Å². The van der Waals surface area contributed by atoms with E-state index in [1.807, 2.05) is 6.07 Å². The van der Waals surface area contributed by atoms with Gasteiger partial charge in [-0.25, -0.2) is 0 Å². The Labute approximate surface area is 328 Å². The monoisotopic (exact) mass is 735 g/mol. The van der Waals surface area contributed by atoms with Crippen molar-refractivity contribution in [3.63, 3.8) is 0 Å². The molecule has 2 atom stereocenters. The highest BCUT2D eigenvalue weighted by Gasteiger charge is 2.30. The fraction of sp³-hybridized carbons (Fsp3) is 0.0588. The molecule has 12 rings (SSSR count). The van der Waals surface area contributed by atoms with Crippen molar-refractivity contribution in [1.82, 2.24) is 25.1 Å². The molecule has 0 amide bonds. The highest BCUT2D eigenvalue weighted by atomic mass is 16.3. The number of hydrogen-bond donors (Lipinski definition) is 3. The van der Waals surface area contributed by atoms with Gasteiger partial charge in [-0.05, 0) is 71.3 Å². The Balaban J connectivity index is 1.13. The second kappa shape index (κ2) is 12.8. The minimum atomic E-state index is -0.142. The van der Waals surface area contributed by atoms with E-state index in [0.717, 1.165) is 49.9 Å². The molecule has 11 aromatic rings. The zero-order valence-corrected chi connectivity index (χ0v) is 30.9. The molecule has 0 saturated carbocycles. The molecule has 6 nitrogen and oxygen atoms in total. The number of rotatable bonds is 5. The molecular weight excluding hydrogens is 699 g/mol. The van der Waals surface area contributed by atoms with E-state index in [-0.39, 0.29) is 18.5 Å². The lowest BCUT2D eigenvalue weighted by molar-refractivity contribution is 0.203. The Morgan fingerprint density at radius 1 is 0.351 bits per heavy atom. The molecule has 8 aromatic carbocycles. The van der Waals surface area contributed by atoms with Crippen molar-refractivity contribution in [3.8, 4) is 11.4 Å². The third-order valence-corrected chi connectivity index (χ3v) is 11.8. The summed E-state index contributed by atoms with van der Waals surface area (Å²) < 4.78 is 11.5. The smallest absolute Gasteiger partial charge is 0.137 e. The number of aromatic nitrogens is 2. The highest BCUT2D eigenvalue weighted by molar-refractivity contribution is 6.31. The summed E-state index contributed by atoms with van der Waals surface area (Å²) in [5.74, 6) is 0. The van der Waals surface area contributed by atoms with Crippen molar-refractivity contribution in [3.05, 3.63) is 205 Å². The largest absolute Gasteiger partial charge is 0.456 e. The van der Waals surface area contributed by atoms with Crippen LogP contribution < -0.4 is 16.0 Å². The van der Waals surface area contributed by atoms with E-state index in [0.29, 0.717) is 0 Å². The van der Waals surface area contributed by atoms with Gasteiger partial charge in [-0.1, -0.05) is 133 Å². The maximum atomic E-state index is 6.56. The molecule has 4 heterocycles. The summed E-state index contributed by atoms with van der Waals surface area (Å²) in [6, 6.07) is 67.3. The number of nitrogens with zero attached hydrogens (tertiary/aromatic N) is 2. The van der Waals surface area contributed by atoms with Gasteiger partial charge in [-0.2, -0.15) is 0 Å². The minimum Gasteiger partial charge on any atom is -0.456 e. The predicted molar refractivity (Wildman–Crippen MR) is 233 cm³/mol. The molecule has 2 unspecified atom stereocenters. The van der Waals surface area contributed by atoms with E-state index in [9.17, 15) is 0 Å². The molecule has 6 heteroatoms. The van der Waals surface area contributed by atoms with E-state index >= 15 is 0 Å². The standard InChI is InChI=1S/C51H37N5O/c1-4-15-32(16-5-1)49-52-50(33-17-6-2-7-18-33)54-51(53-49)34-19-14-22-36(31-34)56-42-29-27-38-37-23-10-12-25-41(37)55(35-20-8-3-9-21-35)47(38)45(42)40-28-30-44-46(48(40)56)39-24-11-13-26-43(39)57-44/h1-31,49-54H. The Morgan fingerprint density at radius 3 is 1.63 bits per heavy atom. The summed E-state index contributed by atoms with van der Waals surface area (Å²) in [4.78, 5) is 0. The molecule has 272 valence electrons. The lowest BCUT2D eigenvalue weighted by atomic mass is 10.0. The zero-order chi connectivity index (χ0) is 37.5. The molecular formula is C51H37N5O. The van der Waals surface area contributed by atoms with Crippen LogP contribution in [0.4, 0.5) is 0 Å². The number of fused-ring (bicyclic) bond motifs is 11. The normalized spacial score (nSPS) is 17.4. The van der Waals surface area contributed by atoms with Crippen LogP contribution in [0.5, 0.6) is 0 Å². The zero-order valence-electron chi connectivity index (χ0n) is 30.9. The predicted octanol–water partition coefficient (Wildman–Crippen LogP) is 12.0. The third-order valence-electron chi connectivity index (χ3n) is 11.8. The van der Waals surface area contributed by atoms with E-state index < -0.39 is 0 Å². The van der Waals surface area contributed by atoms with Crippen molar-refractivity contribution in [1.29, 1.82) is 0 Å². The van der Waals surface area contributed by atoms with Crippen molar-refractivity contribution < 1.29 is 4.42 Å². The fourth-order valence-corrected chi connectivity index (χ4v) is 9.32. The first-order valence-corrected chi connectivity index (χ1v) is 19.6. The summed E-state index contributed by atoms with van der Waals surface area (Å²) in [6.45, 7) is 0.